The molecule has 0 bridgehead atoms. The molecular weight excluding hydrogens is 262 g/mol. The summed E-state index contributed by atoms with van der Waals surface area (Å²) in [4.78, 5) is 8.78. The molecule has 1 N–H and O–H groups in total. The van der Waals surface area contributed by atoms with Crippen molar-refractivity contribution in [2.45, 2.75) is 37.5 Å². The lowest BCUT2D eigenvalue weighted by molar-refractivity contribution is 0.753. The summed E-state index contributed by atoms with van der Waals surface area (Å²) in [6.07, 6.45) is 7.69. The Kier molecular flexibility index (Phi) is 3.43. The fraction of sp³-hybridized carbons (Fsp3) is 0.538. The van der Waals surface area contributed by atoms with Crippen molar-refractivity contribution >= 4 is 39.1 Å². The molecule has 1 aliphatic carbocycles. The Hall–Kier alpha value is -0.810. The molecule has 0 saturated heterocycles. The van der Waals surface area contributed by atoms with Gasteiger partial charge in [0.05, 0.1) is 10.2 Å². The Morgan fingerprint density at radius 1 is 1.39 bits per heavy atom. The third kappa shape index (κ3) is 2.21. The minimum Gasteiger partial charge on any atom is -0.366 e. The van der Waals surface area contributed by atoms with Gasteiger partial charge in [-0.2, -0.15) is 11.8 Å². The predicted molar refractivity (Wildman–Crippen MR) is 80.7 cm³/mol. The van der Waals surface area contributed by atoms with Crippen LogP contribution in [0.1, 0.15) is 24.8 Å². The highest BCUT2D eigenvalue weighted by Gasteiger charge is 2.24. The van der Waals surface area contributed by atoms with Gasteiger partial charge in [0.15, 0.2) is 0 Å². The molecule has 2 aromatic heterocycles. The van der Waals surface area contributed by atoms with Crippen molar-refractivity contribution in [1.82, 2.24) is 9.97 Å². The van der Waals surface area contributed by atoms with Gasteiger partial charge < -0.3 is 5.32 Å². The summed E-state index contributed by atoms with van der Waals surface area (Å²) in [5.74, 6) is 1.02. The number of hydrogen-bond acceptors (Lipinski definition) is 5. The summed E-state index contributed by atoms with van der Waals surface area (Å²) < 4.78 is 1.20. The molecule has 18 heavy (non-hydrogen) atoms. The van der Waals surface area contributed by atoms with E-state index in [1.54, 1.807) is 17.7 Å². The molecule has 96 valence electrons. The summed E-state index contributed by atoms with van der Waals surface area (Å²) >= 11 is 3.72. The van der Waals surface area contributed by atoms with E-state index in [0.29, 0.717) is 6.04 Å². The molecular formula is C13H17N3S2. The van der Waals surface area contributed by atoms with Crippen molar-refractivity contribution in [3.05, 3.63) is 17.3 Å². The topological polar surface area (TPSA) is 37.8 Å². The number of aromatic nitrogens is 2. The highest BCUT2D eigenvalue weighted by Crippen LogP contribution is 2.33. The van der Waals surface area contributed by atoms with Crippen LogP contribution < -0.4 is 5.32 Å². The van der Waals surface area contributed by atoms with Gasteiger partial charge >= 0.3 is 0 Å². The van der Waals surface area contributed by atoms with Crippen molar-refractivity contribution < 1.29 is 0 Å². The number of aryl methyl sites for hydroxylation is 1. The molecule has 0 spiro atoms. The minimum absolute atomic E-state index is 0.572. The summed E-state index contributed by atoms with van der Waals surface area (Å²) in [6, 6.07) is 0.572. The van der Waals surface area contributed by atoms with Gasteiger partial charge in [0, 0.05) is 11.3 Å². The van der Waals surface area contributed by atoms with E-state index in [0.717, 1.165) is 16.6 Å². The van der Waals surface area contributed by atoms with Crippen LogP contribution in [0.3, 0.4) is 0 Å². The third-order valence-electron chi connectivity index (χ3n) is 3.59. The molecule has 1 fully saturated rings. The van der Waals surface area contributed by atoms with Crippen LogP contribution >= 0.6 is 23.1 Å². The predicted octanol–water partition coefficient (Wildman–Crippen LogP) is 3.70. The fourth-order valence-electron chi connectivity index (χ4n) is 2.55. The first kappa shape index (κ1) is 12.2. The van der Waals surface area contributed by atoms with E-state index in [2.05, 4.69) is 33.8 Å². The average molecular weight is 279 g/mol. The Balaban J connectivity index is 1.83. The molecule has 2 unspecified atom stereocenters. The highest BCUT2D eigenvalue weighted by atomic mass is 32.2. The SMILES string of the molecule is CSC1CCC(Nc2ncnc3c(C)csc23)C1. The van der Waals surface area contributed by atoms with E-state index >= 15 is 0 Å². The van der Waals surface area contributed by atoms with Crippen LogP contribution in [0.5, 0.6) is 0 Å². The second kappa shape index (κ2) is 5.05. The monoisotopic (exact) mass is 279 g/mol. The lowest BCUT2D eigenvalue weighted by atomic mass is 10.2. The zero-order valence-corrected chi connectivity index (χ0v) is 12.3. The number of anilines is 1. The molecule has 3 rings (SSSR count). The first-order valence-electron chi connectivity index (χ1n) is 6.26. The second-order valence-electron chi connectivity index (χ2n) is 4.83. The van der Waals surface area contributed by atoms with Crippen LogP contribution in [-0.4, -0.2) is 27.5 Å². The molecule has 1 aliphatic rings. The maximum absolute atomic E-state index is 4.42. The van der Waals surface area contributed by atoms with E-state index in [1.165, 1.54) is 29.5 Å². The van der Waals surface area contributed by atoms with Gasteiger partial charge in [-0.15, -0.1) is 11.3 Å². The standard InChI is InChI=1S/C13H17N3S2/c1-8-6-18-12-11(8)14-7-15-13(12)16-9-3-4-10(5-9)17-2/h6-7,9-10H,3-5H2,1-2H3,(H,14,15,16). The minimum atomic E-state index is 0.572. The van der Waals surface area contributed by atoms with E-state index < -0.39 is 0 Å². The van der Waals surface area contributed by atoms with Gasteiger partial charge in [-0.3, -0.25) is 0 Å². The van der Waals surface area contributed by atoms with Crippen molar-refractivity contribution in [2.24, 2.45) is 0 Å². The van der Waals surface area contributed by atoms with E-state index in [9.17, 15) is 0 Å². The number of thiophene rings is 1. The van der Waals surface area contributed by atoms with Gasteiger partial charge in [0.25, 0.3) is 0 Å². The van der Waals surface area contributed by atoms with Gasteiger partial charge in [-0.1, -0.05) is 0 Å². The molecule has 1 saturated carbocycles. The summed E-state index contributed by atoms with van der Waals surface area (Å²) in [6.45, 7) is 2.11. The van der Waals surface area contributed by atoms with Crippen LogP contribution in [-0.2, 0) is 0 Å². The van der Waals surface area contributed by atoms with Crippen LogP contribution in [0.4, 0.5) is 5.82 Å². The first-order chi connectivity index (χ1) is 8.78. The van der Waals surface area contributed by atoms with Crippen LogP contribution in [0.25, 0.3) is 10.2 Å². The average Bonchev–Trinajstić information content (AvgIpc) is 2.98. The summed E-state index contributed by atoms with van der Waals surface area (Å²) in [5, 5.41) is 6.57. The quantitative estimate of drug-likeness (QED) is 0.929. The van der Waals surface area contributed by atoms with Crippen molar-refractivity contribution in [2.75, 3.05) is 11.6 Å². The first-order valence-corrected chi connectivity index (χ1v) is 8.43. The number of nitrogens with one attached hydrogen (secondary N) is 1. The normalized spacial score (nSPS) is 23.7. The molecule has 0 amide bonds. The Labute approximate surface area is 115 Å². The Morgan fingerprint density at radius 3 is 3.06 bits per heavy atom. The molecule has 2 heterocycles. The maximum atomic E-state index is 4.42. The van der Waals surface area contributed by atoms with Gasteiger partial charge in [-0.05, 0) is 43.4 Å². The molecule has 0 radical (unpaired) electrons. The molecule has 3 nitrogen and oxygen atoms in total. The molecule has 5 heteroatoms. The van der Waals surface area contributed by atoms with Crippen molar-refractivity contribution in [3.8, 4) is 0 Å². The number of fused-ring (bicyclic) bond motifs is 1. The lowest BCUT2D eigenvalue weighted by Gasteiger charge is -2.13. The fourth-order valence-corrected chi connectivity index (χ4v) is 4.30. The van der Waals surface area contributed by atoms with Gasteiger partial charge in [0.2, 0.25) is 0 Å². The van der Waals surface area contributed by atoms with Crippen LogP contribution in [0.15, 0.2) is 11.7 Å². The smallest absolute Gasteiger partial charge is 0.147 e. The number of rotatable bonds is 3. The Bertz CT molecular complexity index is 552. The molecule has 0 aromatic carbocycles. The highest BCUT2D eigenvalue weighted by molar-refractivity contribution is 7.99. The summed E-state index contributed by atoms with van der Waals surface area (Å²) in [5.41, 5.74) is 2.34. The number of hydrogen-bond donors (Lipinski definition) is 1. The largest absolute Gasteiger partial charge is 0.366 e. The van der Waals surface area contributed by atoms with Gasteiger partial charge in [0.1, 0.15) is 12.1 Å². The second-order valence-corrected chi connectivity index (χ2v) is 6.85. The zero-order valence-electron chi connectivity index (χ0n) is 10.6. The lowest BCUT2D eigenvalue weighted by Crippen LogP contribution is -2.16. The van der Waals surface area contributed by atoms with E-state index in [4.69, 9.17) is 0 Å². The molecule has 2 aromatic rings. The van der Waals surface area contributed by atoms with Crippen molar-refractivity contribution in [1.29, 1.82) is 0 Å². The molecule has 0 aliphatic heterocycles. The number of nitrogens with zero attached hydrogens (tertiary/aromatic N) is 2. The number of thioether (sulfide) groups is 1. The van der Waals surface area contributed by atoms with Crippen molar-refractivity contribution in [3.63, 3.8) is 0 Å². The maximum Gasteiger partial charge on any atom is 0.147 e. The van der Waals surface area contributed by atoms with E-state index in [-0.39, 0.29) is 0 Å². The van der Waals surface area contributed by atoms with Crippen LogP contribution in [0.2, 0.25) is 0 Å². The van der Waals surface area contributed by atoms with E-state index in [1.807, 2.05) is 11.8 Å². The Morgan fingerprint density at radius 2 is 2.28 bits per heavy atom. The van der Waals surface area contributed by atoms with Gasteiger partial charge in [-0.25, -0.2) is 9.97 Å². The molecule has 2 atom stereocenters. The zero-order chi connectivity index (χ0) is 12.5. The van der Waals surface area contributed by atoms with Crippen LogP contribution in [0, 0.1) is 6.92 Å². The third-order valence-corrected chi connectivity index (χ3v) is 5.78. The summed E-state index contributed by atoms with van der Waals surface area (Å²) in [7, 11) is 0.